The maximum Gasteiger partial charge on any atom is 0.129 e. The molecule has 0 saturated carbocycles. The minimum absolute atomic E-state index is 0.717. The topological polar surface area (TPSA) is 36.8 Å². The molecular weight excluding hydrogens is 164 g/mol. The summed E-state index contributed by atoms with van der Waals surface area (Å²) in [6.07, 6.45) is 0. The third kappa shape index (κ3) is 2.23. The molecule has 0 aliphatic carbocycles. The number of rotatable bonds is 0. The first-order valence-corrected chi connectivity index (χ1v) is 8.54. The van der Waals surface area contributed by atoms with Gasteiger partial charge in [-0.1, -0.05) is 0 Å². The standard InChI is InChI=1S/C5H15N3P2/c1-9(2)6-5-7-10(3,4)8-9/h8H,5H2,1-4H3. The lowest BCUT2D eigenvalue weighted by molar-refractivity contribution is 1.07. The van der Waals surface area contributed by atoms with Crippen molar-refractivity contribution in [3.8, 4) is 0 Å². The normalized spacial score (nSPS) is 28.4. The van der Waals surface area contributed by atoms with Gasteiger partial charge in [0.1, 0.15) is 6.67 Å². The highest BCUT2D eigenvalue weighted by atomic mass is 31.2. The van der Waals surface area contributed by atoms with Crippen LogP contribution in [-0.4, -0.2) is 33.3 Å². The van der Waals surface area contributed by atoms with Crippen LogP contribution in [0.25, 0.3) is 0 Å². The van der Waals surface area contributed by atoms with Crippen molar-refractivity contribution >= 4 is 14.4 Å². The fraction of sp³-hybridized carbons (Fsp3) is 1.00. The van der Waals surface area contributed by atoms with Gasteiger partial charge in [0.05, 0.1) is 0 Å². The molecule has 0 amide bonds. The predicted octanol–water partition coefficient (Wildman–Crippen LogP) is 2.30. The van der Waals surface area contributed by atoms with Crippen LogP contribution in [0.5, 0.6) is 0 Å². The van der Waals surface area contributed by atoms with Crippen molar-refractivity contribution in [3.63, 3.8) is 0 Å². The molecular formula is C5H15N3P2. The van der Waals surface area contributed by atoms with Gasteiger partial charge in [0.25, 0.3) is 0 Å². The molecule has 1 aliphatic rings. The van der Waals surface area contributed by atoms with Crippen LogP contribution < -0.4 is 4.86 Å². The zero-order chi connectivity index (χ0) is 7.83. The van der Waals surface area contributed by atoms with Gasteiger partial charge in [-0.05, 0) is 26.7 Å². The van der Waals surface area contributed by atoms with E-state index in [0.717, 1.165) is 0 Å². The maximum atomic E-state index is 4.42. The summed E-state index contributed by atoms with van der Waals surface area (Å²) in [5.41, 5.74) is 0. The summed E-state index contributed by atoms with van der Waals surface area (Å²) < 4.78 is 8.84. The van der Waals surface area contributed by atoms with Gasteiger partial charge in [-0.3, -0.25) is 9.49 Å². The molecule has 0 fully saturated rings. The molecule has 1 aliphatic heterocycles. The first kappa shape index (κ1) is 8.52. The van der Waals surface area contributed by atoms with Crippen molar-refractivity contribution < 1.29 is 0 Å². The molecule has 1 heterocycles. The van der Waals surface area contributed by atoms with Crippen LogP contribution in [0.3, 0.4) is 0 Å². The Balaban J connectivity index is 2.87. The quantitative estimate of drug-likeness (QED) is 0.569. The molecule has 1 N–H and O–H groups in total. The molecule has 3 nitrogen and oxygen atoms in total. The highest BCUT2D eigenvalue weighted by Gasteiger charge is 2.15. The van der Waals surface area contributed by atoms with E-state index in [0.29, 0.717) is 6.67 Å². The molecule has 10 heavy (non-hydrogen) atoms. The molecule has 1 rings (SSSR count). The summed E-state index contributed by atoms with van der Waals surface area (Å²) in [7, 11) is -2.26. The highest BCUT2D eigenvalue weighted by Crippen LogP contribution is 2.53. The van der Waals surface area contributed by atoms with Crippen molar-refractivity contribution in [1.82, 2.24) is 4.86 Å². The van der Waals surface area contributed by atoms with Gasteiger partial charge in [0, 0.05) is 14.4 Å². The molecule has 0 spiro atoms. The molecule has 0 bridgehead atoms. The lowest BCUT2D eigenvalue weighted by Gasteiger charge is -2.27. The Kier molecular flexibility index (Phi) is 2.11. The molecule has 0 atom stereocenters. The third-order valence-electron chi connectivity index (χ3n) is 1.32. The van der Waals surface area contributed by atoms with Gasteiger partial charge in [-0.2, -0.15) is 0 Å². The summed E-state index contributed by atoms with van der Waals surface area (Å²) in [4.78, 5) is 3.52. The van der Waals surface area contributed by atoms with Crippen LogP contribution in [-0.2, 0) is 0 Å². The summed E-state index contributed by atoms with van der Waals surface area (Å²) in [6, 6.07) is 0. The molecule has 0 saturated heterocycles. The van der Waals surface area contributed by atoms with E-state index >= 15 is 0 Å². The van der Waals surface area contributed by atoms with E-state index in [1.807, 2.05) is 0 Å². The van der Waals surface area contributed by atoms with Gasteiger partial charge in [0.2, 0.25) is 0 Å². The van der Waals surface area contributed by atoms with E-state index in [-0.39, 0.29) is 0 Å². The fourth-order valence-electron chi connectivity index (χ4n) is 1.01. The van der Waals surface area contributed by atoms with Crippen LogP contribution >= 0.6 is 14.4 Å². The lowest BCUT2D eigenvalue weighted by atomic mass is 11.3. The summed E-state index contributed by atoms with van der Waals surface area (Å²) >= 11 is 0. The largest absolute Gasteiger partial charge is 0.265 e. The zero-order valence-corrected chi connectivity index (χ0v) is 8.78. The Bertz CT molecular complexity index is 207. The smallest absolute Gasteiger partial charge is 0.129 e. The Morgan fingerprint density at radius 1 is 1.00 bits per heavy atom. The summed E-state index contributed by atoms with van der Waals surface area (Å²) in [5, 5.41) is 0. The minimum atomic E-state index is -1.13. The number of hydrogen-bond donors (Lipinski definition) is 1. The monoisotopic (exact) mass is 179 g/mol. The lowest BCUT2D eigenvalue weighted by Crippen LogP contribution is -2.08. The van der Waals surface area contributed by atoms with Crippen LogP contribution in [0.1, 0.15) is 0 Å². The molecule has 0 unspecified atom stereocenters. The van der Waals surface area contributed by atoms with Crippen LogP contribution in [0, 0.1) is 0 Å². The average Bonchev–Trinajstić information content (AvgIpc) is 1.56. The maximum absolute atomic E-state index is 4.42. The number of hydrogen-bond acceptors (Lipinski definition) is 3. The van der Waals surface area contributed by atoms with E-state index in [9.17, 15) is 0 Å². The van der Waals surface area contributed by atoms with Gasteiger partial charge in [-0.15, -0.1) is 0 Å². The van der Waals surface area contributed by atoms with E-state index in [4.69, 9.17) is 0 Å². The SMILES string of the molecule is CP1(C)=NCN=P(C)(C)N1. The first-order valence-electron chi connectivity index (χ1n) is 3.27. The Hall–Kier alpha value is 0.420. The Labute approximate surface area is 62.8 Å². The number of nitrogens with zero attached hydrogens (tertiary/aromatic N) is 2. The van der Waals surface area contributed by atoms with Gasteiger partial charge < -0.3 is 0 Å². The van der Waals surface area contributed by atoms with Crippen molar-refractivity contribution in [2.45, 2.75) is 0 Å². The van der Waals surface area contributed by atoms with E-state index in [1.165, 1.54) is 0 Å². The molecule has 0 aromatic rings. The van der Waals surface area contributed by atoms with Crippen LogP contribution in [0.2, 0.25) is 0 Å². The van der Waals surface area contributed by atoms with Crippen molar-refractivity contribution in [3.05, 3.63) is 0 Å². The van der Waals surface area contributed by atoms with Crippen molar-refractivity contribution in [2.24, 2.45) is 9.49 Å². The van der Waals surface area contributed by atoms with Crippen LogP contribution in [0.15, 0.2) is 9.49 Å². The average molecular weight is 179 g/mol. The summed E-state index contributed by atoms with van der Waals surface area (Å²) in [5.74, 6) is 0. The molecule has 60 valence electrons. The molecule has 5 heteroatoms. The summed E-state index contributed by atoms with van der Waals surface area (Å²) in [6.45, 7) is 9.51. The molecule has 0 aromatic carbocycles. The van der Waals surface area contributed by atoms with E-state index in [2.05, 4.69) is 41.0 Å². The van der Waals surface area contributed by atoms with E-state index in [1.54, 1.807) is 0 Å². The first-order chi connectivity index (χ1) is 4.41. The van der Waals surface area contributed by atoms with Crippen molar-refractivity contribution in [2.75, 3.05) is 33.3 Å². The minimum Gasteiger partial charge on any atom is -0.265 e. The number of nitrogens with one attached hydrogen (secondary N) is 1. The fourth-order valence-corrected chi connectivity index (χ4v) is 7.16. The zero-order valence-electron chi connectivity index (χ0n) is 7.00. The Morgan fingerprint density at radius 3 is 1.60 bits per heavy atom. The van der Waals surface area contributed by atoms with Gasteiger partial charge in [0.15, 0.2) is 0 Å². The van der Waals surface area contributed by atoms with Gasteiger partial charge in [-0.25, -0.2) is 4.86 Å². The molecule has 0 aromatic heterocycles. The second-order valence-corrected chi connectivity index (χ2v) is 10.3. The van der Waals surface area contributed by atoms with Crippen LogP contribution in [0.4, 0.5) is 0 Å². The van der Waals surface area contributed by atoms with Gasteiger partial charge >= 0.3 is 0 Å². The van der Waals surface area contributed by atoms with E-state index < -0.39 is 14.4 Å². The highest BCUT2D eigenvalue weighted by molar-refractivity contribution is 7.78. The Morgan fingerprint density at radius 2 is 1.40 bits per heavy atom. The third-order valence-corrected chi connectivity index (χ3v) is 6.91. The predicted molar refractivity (Wildman–Crippen MR) is 50.4 cm³/mol. The van der Waals surface area contributed by atoms with Crippen molar-refractivity contribution in [1.29, 1.82) is 0 Å². The molecule has 0 radical (unpaired) electrons. The second-order valence-electron chi connectivity index (χ2n) is 3.31. The second kappa shape index (κ2) is 2.48.